The molecule has 6 nitrogen and oxygen atoms in total. The van der Waals surface area contributed by atoms with Gasteiger partial charge in [0.15, 0.2) is 0 Å². The molecular formula is C25H22N4O2S. The maximum Gasteiger partial charge on any atom is 0.238 e. The molecule has 0 saturated heterocycles. The summed E-state index contributed by atoms with van der Waals surface area (Å²) in [6, 6.07) is 26.5. The average Bonchev–Trinajstić information content (AvgIpc) is 3.17. The highest BCUT2D eigenvalue weighted by Gasteiger charge is 2.21. The van der Waals surface area contributed by atoms with Crippen molar-refractivity contribution < 1.29 is 8.42 Å². The van der Waals surface area contributed by atoms with Crippen LogP contribution in [0.3, 0.4) is 0 Å². The fourth-order valence-corrected chi connectivity index (χ4v) is 4.13. The molecule has 1 aromatic heterocycles. The molecule has 0 amide bonds. The number of aryl methyl sites for hydroxylation is 3. The summed E-state index contributed by atoms with van der Waals surface area (Å²) in [5.41, 5.74) is 5.68. The number of hydrogen-bond acceptors (Lipinski definition) is 4. The number of aromatic nitrogens is 2. The summed E-state index contributed by atoms with van der Waals surface area (Å²) in [5.74, 6) is 0. The number of rotatable bonds is 6. The van der Waals surface area contributed by atoms with Gasteiger partial charge >= 0.3 is 0 Å². The fraction of sp³-hybridized carbons (Fsp3) is 0.120. The van der Waals surface area contributed by atoms with Crippen molar-refractivity contribution in [3.8, 4) is 28.5 Å². The molecule has 3 aromatic carbocycles. The van der Waals surface area contributed by atoms with Gasteiger partial charge in [0.1, 0.15) is 17.5 Å². The molecule has 160 valence electrons. The van der Waals surface area contributed by atoms with Crippen LogP contribution in [0.15, 0.2) is 83.8 Å². The summed E-state index contributed by atoms with van der Waals surface area (Å²) in [6.45, 7) is 2.55. The lowest BCUT2D eigenvalue weighted by Crippen LogP contribution is -2.11. The molecule has 1 heterocycles. The van der Waals surface area contributed by atoms with Crippen LogP contribution in [0.25, 0.3) is 22.4 Å². The van der Waals surface area contributed by atoms with Crippen molar-refractivity contribution in [1.29, 1.82) is 5.26 Å². The minimum Gasteiger partial charge on any atom is -0.253 e. The number of nitriles is 1. The molecule has 0 saturated carbocycles. The zero-order chi connectivity index (χ0) is 22.7. The summed E-state index contributed by atoms with van der Waals surface area (Å²) in [4.78, 5) is 0.0298. The van der Waals surface area contributed by atoms with E-state index in [4.69, 9.17) is 10.2 Å². The van der Waals surface area contributed by atoms with E-state index in [2.05, 4.69) is 6.07 Å². The van der Waals surface area contributed by atoms with E-state index >= 15 is 0 Å². The Morgan fingerprint density at radius 3 is 2.16 bits per heavy atom. The molecule has 0 aliphatic carbocycles. The zero-order valence-electron chi connectivity index (χ0n) is 17.6. The van der Waals surface area contributed by atoms with Gasteiger partial charge in [0.25, 0.3) is 0 Å². The summed E-state index contributed by atoms with van der Waals surface area (Å²) >= 11 is 0. The van der Waals surface area contributed by atoms with Crippen LogP contribution in [0.5, 0.6) is 0 Å². The predicted molar refractivity (Wildman–Crippen MR) is 124 cm³/mol. The van der Waals surface area contributed by atoms with Crippen LogP contribution in [0, 0.1) is 18.3 Å². The first kappa shape index (κ1) is 21.5. The van der Waals surface area contributed by atoms with Gasteiger partial charge in [-0.3, -0.25) is 4.68 Å². The first-order chi connectivity index (χ1) is 15.4. The van der Waals surface area contributed by atoms with E-state index in [-0.39, 0.29) is 4.90 Å². The molecule has 0 fully saturated rings. The molecule has 0 aliphatic rings. The van der Waals surface area contributed by atoms with E-state index in [9.17, 15) is 13.7 Å². The molecule has 32 heavy (non-hydrogen) atoms. The highest BCUT2D eigenvalue weighted by atomic mass is 32.2. The molecular weight excluding hydrogens is 420 g/mol. The molecule has 2 N–H and O–H groups in total. The Kier molecular flexibility index (Phi) is 5.91. The summed E-state index contributed by atoms with van der Waals surface area (Å²) in [6.07, 6.45) is 0.730. The Labute approximate surface area is 187 Å². The minimum atomic E-state index is -3.79. The molecule has 4 aromatic rings. The molecule has 0 unspecified atom stereocenters. The van der Waals surface area contributed by atoms with Gasteiger partial charge in [-0.25, -0.2) is 13.6 Å². The van der Waals surface area contributed by atoms with Crippen molar-refractivity contribution in [3.05, 3.63) is 95.7 Å². The topological polar surface area (TPSA) is 102 Å². The first-order valence-corrected chi connectivity index (χ1v) is 11.7. The highest BCUT2D eigenvalue weighted by Crippen LogP contribution is 2.35. The maximum absolute atomic E-state index is 11.6. The Morgan fingerprint density at radius 1 is 0.938 bits per heavy atom. The monoisotopic (exact) mass is 442 g/mol. The third-order valence-corrected chi connectivity index (χ3v) is 6.24. The molecule has 0 radical (unpaired) electrons. The lowest BCUT2D eigenvalue weighted by Gasteiger charge is -2.06. The van der Waals surface area contributed by atoms with E-state index in [0.717, 1.165) is 28.7 Å². The third-order valence-electron chi connectivity index (χ3n) is 5.31. The van der Waals surface area contributed by atoms with E-state index < -0.39 is 10.0 Å². The van der Waals surface area contributed by atoms with Gasteiger partial charge in [-0.15, -0.1) is 0 Å². The Hall–Kier alpha value is -3.73. The fourth-order valence-electron chi connectivity index (χ4n) is 3.62. The number of sulfonamides is 1. The van der Waals surface area contributed by atoms with Crippen molar-refractivity contribution >= 4 is 10.0 Å². The number of nitrogens with two attached hydrogens (primary N) is 1. The lowest BCUT2D eigenvalue weighted by molar-refractivity contribution is 0.598. The molecule has 0 bridgehead atoms. The lowest BCUT2D eigenvalue weighted by atomic mass is 9.98. The van der Waals surface area contributed by atoms with Crippen LogP contribution in [-0.4, -0.2) is 18.2 Å². The van der Waals surface area contributed by atoms with E-state index in [1.165, 1.54) is 12.1 Å². The SMILES string of the molecule is Cc1ccc(-c2c(-c3ccc(S(N)(=O)=O)cc3)nn(CCc3ccccc3)c2C#N)cc1. The van der Waals surface area contributed by atoms with Crippen molar-refractivity contribution in [2.75, 3.05) is 0 Å². The Balaban J connectivity index is 1.83. The van der Waals surface area contributed by atoms with Gasteiger partial charge in [-0.1, -0.05) is 72.3 Å². The molecule has 4 rings (SSSR count). The van der Waals surface area contributed by atoms with Crippen LogP contribution in [0.2, 0.25) is 0 Å². The summed E-state index contributed by atoms with van der Waals surface area (Å²) in [5, 5.41) is 20.0. The van der Waals surface area contributed by atoms with Crippen LogP contribution in [-0.2, 0) is 23.0 Å². The van der Waals surface area contributed by atoms with Gasteiger partial charge in [0.05, 0.1) is 4.90 Å². The van der Waals surface area contributed by atoms with Crippen LogP contribution < -0.4 is 5.14 Å². The van der Waals surface area contributed by atoms with Gasteiger partial charge in [-0.2, -0.15) is 10.4 Å². The smallest absolute Gasteiger partial charge is 0.238 e. The van der Waals surface area contributed by atoms with Crippen molar-refractivity contribution in [2.24, 2.45) is 5.14 Å². The number of nitrogens with zero attached hydrogens (tertiary/aromatic N) is 3. The molecule has 0 atom stereocenters. The zero-order valence-corrected chi connectivity index (χ0v) is 18.4. The van der Waals surface area contributed by atoms with E-state index in [1.54, 1.807) is 16.8 Å². The second-order valence-corrected chi connectivity index (χ2v) is 9.14. The average molecular weight is 443 g/mol. The normalized spacial score (nSPS) is 11.3. The van der Waals surface area contributed by atoms with E-state index in [1.807, 2.05) is 61.5 Å². The van der Waals surface area contributed by atoms with Crippen LogP contribution in [0.1, 0.15) is 16.8 Å². The second kappa shape index (κ2) is 8.79. The predicted octanol–water partition coefficient (Wildman–Crippen LogP) is 4.29. The van der Waals surface area contributed by atoms with Gasteiger partial charge < -0.3 is 0 Å². The van der Waals surface area contributed by atoms with Gasteiger partial charge in [-0.05, 0) is 36.6 Å². The molecule has 0 aliphatic heterocycles. The van der Waals surface area contributed by atoms with Crippen molar-refractivity contribution in [1.82, 2.24) is 9.78 Å². The third kappa shape index (κ3) is 4.47. The Bertz CT molecular complexity index is 1380. The minimum absolute atomic E-state index is 0.0298. The standard InChI is InChI=1S/C25H22N4O2S/c1-18-7-9-20(10-8-18)24-23(17-26)29(16-15-19-5-3-2-4-6-19)28-25(24)21-11-13-22(14-12-21)32(27,30)31/h2-14H,15-16H2,1H3,(H2,27,30,31). The number of primary sulfonamides is 1. The van der Waals surface area contributed by atoms with E-state index in [0.29, 0.717) is 23.5 Å². The summed E-state index contributed by atoms with van der Waals surface area (Å²) in [7, 11) is -3.79. The number of benzene rings is 3. The second-order valence-electron chi connectivity index (χ2n) is 7.58. The maximum atomic E-state index is 11.6. The van der Waals surface area contributed by atoms with Crippen LogP contribution >= 0.6 is 0 Å². The van der Waals surface area contributed by atoms with Gasteiger partial charge in [0.2, 0.25) is 10.0 Å². The molecule has 0 spiro atoms. The first-order valence-electron chi connectivity index (χ1n) is 10.1. The molecule has 7 heteroatoms. The Morgan fingerprint density at radius 2 is 1.56 bits per heavy atom. The quantitative estimate of drug-likeness (QED) is 0.481. The summed E-state index contributed by atoms with van der Waals surface area (Å²) < 4.78 is 25.0. The van der Waals surface area contributed by atoms with Crippen LogP contribution in [0.4, 0.5) is 0 Å². The number of hydrogen-bond donors (Lipinski definition) is 1. The largest absolute Gasteiger partial charge is 0.253 e. The van der Waals surface area contributed by atoms with Gasteiger partial charge in [0, 0.05) is 17.7 Å². The van der Waals surface area contributed by atoms with Crippen molar-refractivity contribution in [3.63, 3.8) is 0 Å². The highest BCUT2D eigenvalue weighted by molar-refractivity contribution is 7.89. The van der Waals surface area contributed by atoms with Crippen molar-refractivity contribution in [2.45, 2.75) is 24.8 Å².